The molecule has 0 amide bonds. The Morgan fingerprint density at radius 2 is 1.71 bits per heavy atom. The summed E-state index contributed by atoms with van der Waals surface area (Å²) in [6, 6.07) is 15.7. The van der Waals surface area contributed by atoms with E-state index in [1.807, 2.05) is 30.3 Å². The van der Waals surface area contributed by atoms with Crippen LogP contribution in [0.3, 0.4) is 0 Å². The van der Waals surface area contributed by atoms with Crippen molar-refractivity contribution >= 4 is 34.9 Å². The second-order valence-electron chi connectivity index (χ2n) is 4.57. The van der Waals surface area contributed by atoms with Crippen LogP contribution in [0.15, 0.2) is 69.7 Å². The maximum absolute atomic E-state index is 12.2. The number of benzene rings is 2. The molecule has 0 aliphatic heterocycles. The van der Waals surface area contributed by atoms with Crippen LogP contribution in [0.1, 0.15) is 11.1 Å². The van der Waals surface area contributed by atoms with E-state index in [1.165, 1.54) is 30.1 Å². The molecule has 0 aliphatic carbocycles. The minimum Gasteiger partial charge on any atom is -0.377 e. The lowest BCUT2D eigenvalue weighted by atomic mass is 10.2. The molecule has 0 bridgehead atoms. The summed E-state index contributed by atoms with van der Waals surface area (Å²) >= 11 is 1.21. The molecule has 8 heteroatoms. The lowest BCUT2D eigenvalue weighted by molar-refractivity contribution is -0.0328. The van der Waals surface area contributed by atoms with Gasteiger partial charge in [-0.3, -0.25) is 0 Å². The summed E-state index contributed by atoms with van der Waals surface area (Å²) in [5, 5.41) is 8.02. The van der Waals surface area contributed by atoms with Crippen LogP contribution in [-0.4, -0.2) is 16.9 Å². The molecule has 0 atom stereocenters. The average molecular weight is 369 g/mol. The highest BCUT2D eigenvalue weighted by atomic mass is 32.2. The quantitative estimate of drug-likeness (QED) is 0.354. The van der Waals surface area contributed by atoms with Crippen LogP contribution >= 0.6 is 23.5 Å². The Morgan fingerprint density at radius 3 is 2.33 bits per heavy atom. The van der Waals surface area contributed by atoms with E-state index in [-0.39, 0.29) is 16.7 Å². The van der Waals surface area contributed by atoms with E-state index in [4.69, 9.17) is 5.73 Å². The van der Waals surface area contributed by atoms with Crippen molar-refractivity contribution in [2.45, 2.75) is 16.2 Å². The van der Waals surface area contributed by atoms with Crippen LogP contribution in [0.2, 0.25) is 0 Å². The third kappa shape index (κ3) is 7.10. The molecule has 3 nitrogen and oxygen atoms in total. The van der Waals surface area contributed by atoms with Crippen LogP contribution in [0.25, 0.3) is 0 Å². The van der Waals surface area contributed by atoms with Gasteiger partial charge in [0.25, 0.3) is 0 Å². The minimum atomic E-state index is -4.29. The normalized spacial score (nSPS) is 12.7. The molecule has 0 fully saturated rings. The van der Waals surface area contributed by atoms with E-state index < -0.39 is 5.51 Å². The van der Waals surface area contributed by atoms with Gasteiger partial charge < -0.3 is 5.73 Å². The number of hydrogen-bond acceptors (Lipinski definition) is 4. The van der Waals surface area contributed by atoms with Crippen LogP contribution in [0.5, 0.6) is 0 Å². The van der Waals surface area contributed by atoms with Crippen molar-refractivity contribution < 1.29 is 13.2 Å². The van der Waals surface area contributed by atoms with Gasteiger partial charge in [-0.25, -0.2) is 0 Å². The van der Waals surface area contributed by atoms with Crippen LogP contribution in [0.4, 0.5) is 13.2 Å². The maximum atomic E-state index is 12.2. The third-order valence-electron chi connectivity index (χ3n) is 2.71. The molecule has 2 rings (SSSR count). The van der Waals surface area contributed by atoms with Crippen molar-refractivity contribution in [1.29, 1.82) is 0 Å². The van der Waals surface area contributed by atoms with E-state index in [1.54, 1.807) is 12.1 Å². The first kappa shape index (κ1) is 18.4. The molecule has 2 aromatic rings. The molecule has 2 aromatic carbocycles. The summed E-state index contributed by atoms with van der Waals surface area (Å²) in [6.07, 6.45) is 1.44. The van der Waals surface area contributed by atoms with E-state index in [2.05, 4.69) is 10.2 Å². The standard InChI is InChI=1S/C16H14F3N3S2/c17-16(18,19)24-14-8-6-12(7-9-14)10-21-22-15(20)23-11-13-4-2-1-3-5-13/h1-10H,11H2,(H2,20,22). The summed E-state index contributed by atoms with van der Waals surface area (Å²) in [4.78, 5) is 0.126. The first-order valence-electron chi connectivity index (χ1n) is 6.81. The number of rotatable bonds is 5. The minimum absolute atomic E-state index is 0.126. The molecule has 0 aromatic heterocycles. The van der Waals surface area contributed by atoms with Crippen molar-refractivity contribution in [3.05, 3.63) is 65.7 Å². The number of halogens is 3. The lowest BCUT2D eigenvalue weighted by Gasteiger charge is -2.04. The van der Waals surface area contributed by atoms with Gasteiger partial charge in [0.1, 0.15) is 0 Å². The van der Waals surface area contributed by atoms with Crippen molar-refractivity contribution in [3.63, 3.8) is 0 Å². The first-order valence-corrected chi connectivity index (χ1v) is 8.61. The van der Waals surface area contributed by atoms with Crippen LogP contribution < -0.4 is 5.73 Å². The van der Waals surface area contributed by atoms with Gasteiger partial charge in [-0.1, -0.05) is 54.2 Å². The van der Waals surface area contributed by atoms with Gasteiger partial charge in [-0.05, 0) is 35.0 Å². The number of nitrogens with zero attached hydrogens (tertiary/aromatic N) is 2. The van der Waals surface area contributed by atoms with Gasteiger partial charge in [0.2, 0.25) is 0 Å². The fourth-order valence-corrected chi connectivity index (χ4v) is 2.82. The van der Waals surface area contributed by atoms with Gasteiger partial charge in [0.15, 0.2) is 5.17 Å². The molecular formula is C16H14F3N3S2. The van der Waals surface area contributed by atoms with Crippen molar-refractivity contribution in [1.82, 2.24) is 0 Å². The molecular weight excluding hydrogens is 355 g/mol. The topological polar surface area (TPSA) is 50.7 Å². The Morgan fingerprint density at radius 1 is 1.04 bits per heavy atom. The Labute approximate surface area is 146 Å². The summed E-state index contributed by atoms with van der Waals surface area (Å²) in [6.45, 7) is 0. The average Bonchev–Trinajstić information content (AvgIpc) is 2.54. The SMILES string of the molecule is NC(=NN=Cc1ccc(SC(F)(F)F)cc1)SCc1ccccc1. The predicted octanol–water partition coefficient (Wildman–Crippen LogP) is 4.88. The second kappa shape index (κ2) is 8.79. The molecule has 0 unspecified atom stereocenters. The Hall–Kier alpha value is -1.93. The summed E-state index contributed by atoms with van der Waals surface area (Å²) < 4.78 is 36.7. The highest BCUT2D eigenvalue weighted by molar-refractivity contribution is 8.13. The first-order chi connectivity index (χ1) is 11.4. The van der Waals surface area contributed by atoms with E-state index in [0.717, 1.165) is 5.56 Å². The molecule has 0 heterocycles. The zero-order valence-corrected chi connectivity index (χ0v) is 14.0. The summed E-state index contributed by atoms with van der Waals surface area (Å²) in [7, 11) is 0. The molecule has 0 saturated carbocycles. The Bertz CT molecular complexity index is 699. The lowest BCUT2D eigenvalue weighted by Crippen LogP contribution is -2.06. The van der Waals surface area contributed by atoms with Gasteiger partial charge in [0.05, 0.1) is 6.21 Å². The highest BCUT2D eigenvalue weighted by Crippen LogP contribution is 2.36. The van der Waals surface area contributed by atoms with E-state index in [0.29, 0.717) is 16.5 Å². The molecule has 24 heavy (non-hydrogen) atoms. The second-order valence-corrected chi connectivity index (χ2v) is 6.71. The van der Waals surface area contributed by atoms with Crippen LogP contribution in [-0.2, 0) is 5.75 Å². The van der Waals surface area contributed by atoms with E-state index in [9.17, 15) is 13.2 Å². The molecule has 0 saturated heterocycles. The van der Waals surface area contributed by atoms with E-state index >= 15 is 0 Å². The van der Waals surface area contributed by atoms with Crippen molar-refractivity contribution in [2.75, 3.05) is 0 Å². The summed E-state index contributed by atoms with van der Waals surface area (Å²) in [5.41, 5.74) is 3.23. The van der Waals surface area contributed by atoms with Crippen molar-refractivity contribution in [2.24, 2.45) is 15.9 Å². The molecule has 2 N–H and O–H groups in total. The zero-order valence-electron chi connectivity index (χ0n) is 12.4. The zero-order chi connectivity index (χ0) is 17.4. The highest BCUT2D eigenvalue weighted by Gasteiger charge is 2.28. The van der Waals surface area contributed by atoms with Crippen LogP contribution in [0, 0.1) is 0 Å². The molecule has 0 spiro atoms. The largest absolute Gasteiger partial charge is 0.446 e. The summed E-state index contributed by atoms with van der Waals surface area (Å²) in [5.74, 6) is 0.690. The fourth-order valence-electron chi connectivity index (χ4n) is 1.67. The van der Waals surface area contributed by atoms with Gasteiger partial charge in [-0.15, -0.1) is 5.10 Å². The smallest absolute Gasteiger partial charge is 0.377 e. The number of alkyl halides is 3. The predicted molar refractivity (Wildman–Crippen MR) is 95.3 cm³/mol. The van der Waals surface area contributed by atoms with Crippen molar-refractivity contribution in [3.8, 4) is 0 Å². The number of hydrogen-bond donors (Lipinski definition) is 1. The Balaban J connectivity index is 1.86. The third-order valence-corrected chi connectivity index (χ3v) is 4.30. The fraction of sp³-hybridized carbons (Fsp3) is 0.125. The monoisotopic (exact) mass is 369 g/mol. The van der Waals surface area contributed by atoms with Gasteiger partial charge in [0, 0.05) is 10.6 Å². The Kier molecular flexibility index (Phi) is 6.74. The van der Waals surface area contributed by atoms with Gasteiger partial charge >= 0.3 is 5.51 Å². The molecule has 0 radical (unpaired) electrons. The number of nitrogens with two attached hydrogens (primary N) is 1. The maximum Gasteiger partial charge on any atom is 0.446 e. The molecule has 126 valence electrons. The molecule has 0 aliphatic rings. The van der Waals surface area contributed by atoms with Gasteiger partial charge in [-0.2, -0.15) is 18.3 Å². The number of amidine groups is 1. The number of thioether (sulfide) groups is 2.